The molecule has 1 N–H and O–H groups in total. The van der Waals surface area contributed by atoms with E-state index in [0.29, 0.717) is 5.91 Å². The van der Waals surface area contributed by atoms with Crippen molar-refractivity contribution in [3.05, 3.63) is 0 Å². The lowest BCUT2D eigenvalue weighted by Crippen LogP contribution is -2.34. The number of nitrogens with zero attached hydrogens (tertiary/aromatic N) is 1. The van der Waals surface area contributed by atoms with E-state index < -0.39 is 0 Å². The predicted octanol–water partition coefficient (Wildman–Crippen LogP) is 2.02. The highest BCUT2D eigenvalue weighted by Crippen LogP contribution is 2.34. The Labute approximate surface area is 110 Å². The van der Waals surface area contributed by atoms with Gasteiger partial charge in [-0.25, -0.2) is 0 Å². The summed E-state index contributed by atoms with van der Waals surface area (Å²) >= 11 is 0. The molecule has 0 aromatic rings. The van der Waals surface area contributed by atoms with Gasteiger partial charge in [-0.15, -0.1) is 0 Å². The van der Waals surface area contributed by atoms with Crippen molar-refractivity contribution in [1.82, 2.24) is 10.2 Å². The van der Waals surface area contributed by atoms with Gasteiger partial charge in [0.25, 0.3) is 0 Å². The number of amides is 1. The molecule has 102 valence electrons. The molecule has 2 saturated carbocycles. The van der Waals surface area contributed by atoms with Crippen molar-refractivity contribution in [3.8, 4) is 0 Å². The molecule has 1 amide bonds. The van der Waals surface area contributed by atoms with Crippen molar-refractivity contribution in [2.24, 2.45) is 17.8 Å². The van der Waals surface area contributed by atoms with Crippen LogP contribution in [-0.2, 0) is 4.79 Å². The fourth-order valence-electron chi connectivity index (χ4n) is 2.95. The van der Waals surface area contributed by atoms with Gasteiger partial charge < -0.3 is 10.2 Å². The summed E-state index contributed by atoms with van der Waals surface area (Å²) in [5, 5.41) is 3.38. The van der Waals surface area contributed by atoms with Crippen molar-refractivity contribution >= 4 is 5.91 Å². The first-order valence-corrected chi connectivity index (χ1v) is 7.80. The van der Waals surface area contributed by atoms with E-state index in [4.69, 9.17) is 0 Å². The highest BCUT2D eigenvalue weighted by molar-refractivity contribution is 5.76. The predicted molar refractivity (Wildman–Crippen MR) is 72.2 cm³/mol. The van der Waals surface area contributed by atoms with E-state index in [1.165, 1.54) is 32.1 Å². The molecule has 0 radical (unpaired) electrons. The highest BCUT2D eigenvalue weighted by atomic mass is 16.2. The second kappa shape index (κ2) is 5.60. The van der Waals surface area contributed by atoms with E-state index in [0.717, 1.165) is 56.8 Å². The molecule has 0 aromatic carbocycles. The zero-order valence-electron chi connectivity index (χ0n) is 11.4. The van der Waals surface area contributed by atoms with Gasteiger partial charge in [-0.1, -0.05) is 0 Å². The molecule has 2 aliphatic carbocycles. The van der Waals surface area contributed by atoms with Crippen LogP contribution in [0.4, 0.5) is 0 Å². The van der Waals surface area contributed by atoms with Crippen LogP contribution in [0.1, 0.15) is 44.9 Å². The molecule has 3 nitrogen and oxygen atoms in total. The van der Waals surface area contributed by atoms with Gasteiger partial charge in [-0.05, 0) is 69.4 Å². The molecule has 0 bridgehead atoms. The fraction of sp³-hybridized carbons (Fsp3) is 0.933. The van der Waals surface area contributed by atoms with Crippen LogP contribution in [0, 0.1) is 17.8 Å². The Balaban J connectivity index is 1.43. The Morgan fingerprint density at radius 3 is 2.17 bits per heavy atom. The Bertz CT molecular complexity index is 277. The van der Waals surface area contributed by atoms with E-state index in [2.05, 4.69) is 10.2 Å². The van der Waals surface area contributed by atoms with Gasteiger partial charge in [-0.2, -0.15) is 0 Å². The van der Waals surface area contributed by atoms with Crippen LogP contribution in [0.25, 0.3) is 0 Å². The molecule has 1 saturated heterocycles. The lowest BCUT2D eigenvalue weighted by molar-refractivity contribution is -0.132. The maximum atomic E-state index is 12.3. The highest BCUT2D eigenvalue weighted by Gasteiger charge is 2.31. The molecular formula is C15H26N2O. The molecule has 3 fully saturated rings. The van der Waals surface area contributed by atoms with Crippen LogP contribution in [0.15, 0.2) is 0 Å². The summed E-state index contributed by atoms with van der Waals surface area (Å²) in [7, 11) is 0. The first kappa shape index (κ1) is 12.5. The smallest absolute Gasteiger partial charge is 0.222 e. The summed E-state index contributed by atoms with van der Waals surface area (Å²) in [6, 6.07) is 0. The van der Waals surface area contributed by atoms with Crippen LogP contribution in [0.3, 0.4) is 0 Å². The average Bonchev–Trinajstić information content (AvgIpc) is 3.29. The van der Waals surface area contributed by atoms with Crippen LogP contribution < -0.4 is 5.32 Å². The summed E-state index contributed by atoms with van der Waals surface area (Å²) < 4.78 is 0. The molecular weight excluding hydrogens is 224 g/mol. The summed E-state index contributed by atoms with van der Waals surface area (Å²) in [4.78, 5) is 14.5. The Morgan fingerprint density at radius 1 is 1.00 bits per heavy atom. The van der Waals surface area contributed by atoms with Crippen molar-refractivity contribution in [3.63, 3.8) is 0 Å². The summed E-state index contributed by atoms with van der Waals surface area (Å²) in [5.74, 6) is 2.85. The third-order valence-corrected chi connectivity index (χ3v) is 4.63. The Morgan fingerprint density at radius 2 is 1.67 bits per heavy atom. The molecule has 1 unspecified atom stereocenters. The van der Waals surface area contributed by atoms with Crippen LogP contribution in [-0.4, -0.2) is 37.0 Å². The lowest BCUT2D eigenvalue weighted by atomic mass is 10.0. The third-order valence-electron chi connectivity index (χ3n) is 4.63. The zero-order valence-corrected chi connectivity index (χ0v) is 11.4. The first-order valence-electron chi connectivity index (χ1n) is 7.80. The molecule has 1 atom stereocenters. The quantitative estimate of drug-likeness (QED) is 0.750. The summed E-state index contributed by atoms with van der Waals surface area (Å²) in [5.41, 5.74) is 0. The molecule has 0 spiro atoms. The number of carbonyl (C=O) groups is 1. The molecule has 0 aromatic heterocycles. The van der Waals surface area contributed by atoms with Gasteiger partial charge in [-0.3, -0.25) is 4.79 Å². The van der Waals surface area contributed by atoms with Crippen molar-refractivity contribution < 1.29 is 4.79 Å². The Hall–Kier alpha value is -0.570. The van der Waals surface area contributed by atoms with Gasteiger partial charge in [0.15, 0.2) is 0 Å². The van der Waals surface area contributed by atoms with Crippen molar-refractivity contribution in [2.45, 2.75) is 44.9 Å². The standard InChI is InChI=1S/C15H26N2O/c18-15(6-5-12-7-8-16-9-12)17(10-13-1-2-13)11-14-3-4-14/h12-14,16H,1-11H2. The number of rotatable bonds is 7. The topological polar surface area (TPSA) is 32.3 Å². The normalized spacial score (nSPS) is 27.4. The lowest BCUT2D eigenvalue weighted by Gasteiger charge is -2.23. The number of hydrogen-bond acceptors (Lipinski definition) is 2. The molecule has 3 heteroatoms. The van der Waals surface area contributed by atoms with E-state index in [1.54, 1.807) is 0 Å². The molecule has 3 rings (SSSR count). The summed E-state index contributed by atoms with van der Waals surface area (Å²) in [6.07, 6.45) is 8.53. The van der Waals surface area contributed by atoms with Crippen LogP contribution in [0.5, 0.6) is 0 Å². The van der Waals surface area contributed by atoms with E-state index in [1.807, 2.05) is 0 Å². The minimum Gasteiger partial charge on any atom is -0.342 e. The number of hydrogen-bond donors (Lipinski definition) is 1. The SMILES string of the molecule is O=C(CCC1CCNC1)N(CC1CC1)CC1CC1. The van der Waals surface area contributed by atoms with Crippen molar-refractivity contribution in [1.29, 1.82) is 0 Å². The minimum absolute atomic E-state index is 0.431. The van der Waals surface area contributed by atoms with Gasteiger partial charge in [0.2, 0.25) is 5.91 Å². The number of carbonyl (C=O) groups excluding carboxylic acids is 1. The van der Waals surface area contributed by atoms with Crippen molar-refractivity contribution in [2.75, 3.05) is 26.2 Å². The monoisotopic (exact) mass is 250 g/mol. The molecule has 3 aliphatic rings. The zero-order chi connectivity index (χ0) is 12.4. The molecule has 1 heterocycles. The molecule has 1 aliphatic heterocycles. The average molecular weight is 250 g/mol. The van der Waals surface area contributed by atoms with Crippen LogP contribution in [0.2, 0.25) is 0 Å². The summed E-state index contributed by atoms with van der Waals surface area (Å²) in [6.45, 7) is 4.38. The third kappa shape index (κ3) is 3.71. The Kier molecular flexibility index (Phi) is 3.88. The van der Waals surface area contributed by atoms with Gasteiger partial charge in [0.1, 0.15) is 0 Å². The fourth-order valence-corrected chi connectivity index (χ4v) is 2.95. The number of nitrogens with one attached hydrogen (secondary N) is 1. The second-order valence-electron chi connectivity index (χ2n) is 6.58. The maximum Gasteiger partial charge on any atom is 0.222 e. The van der Waals surface area contributed by atoms with Gasteiger partial charge in [0.05, 0.1) is 0 Å². The largest absolute Gasteiger partial charge is 0.342 e. The van der Waals surface area contributed by atoms with E-state index in [9.17, 15) is 4.79 Å². The minimum atomic E-state index is 0.431. The maximum absolute atomic E-state index is 12.3. The van der Waals surface area contributed by atoms with E-state index >= 15 is 0 Å². The second-order valence-corrected chi connectivity index (χ2v) is 6.58. The van der Waals surface area contributed by atoms with Gasteiger partial charge >= 0.3 is 0 Å². The van der Waals surface area contributed by atoms with Gasteiger partial charge in [0, 0.05) is 19.5 Å². The molecule has 18 heavy (non-hydrogen) atoms. The van der Waals surface area contributed by atoms with Crippen LogP contribution >= 0.6 is 0 Å². The first-order chi connectivity index (χ1) is 8.81. The van der Waals surface area contributed by atoms with E-state index in [-0.39, 0.29) is 0 Å².